The number of aryl methyl sites for hydroxylation is 2. The van der Waals surface area contributed by atoms with Gasteiger partial charge in [0.1, 0.15) is 0 Å². The molecule has 0 N–H and O–H groups in total. The number of piperidine rings is 1. The van der Waals surface area contributed by atoms with E-state index in [4.69, 9.17) is 0 Å². The van der Waals surface area contributed by atoms with E-state index < -0.39 is 0 Å². The predicted molar refractivity (Wildman–Crippen MR) is 96.6 cm³/mol. The lowest BCUT2D eigenvalue weighted by Crippen LogP contribution is -2.40. The molecule has 1 amide bonds. The first-order valence-electron chi connectivity index (χ1n) is 9.02. The van der Waals surface area contributed by atoms with Crippen LogP contribution in [0.4, 0.5) is 0 Å². The number of benzene rings is 1. The van der Waals surface area contributed by atoms with E-state index in [2.05, 4.69) is 40.2 Å². The number of hydrogen-bond donors (Lipinski definition) is 0. The molecular formula is C21H26N2O. The van der Waals surface area contributed by atoms with Crippen LogP contribution in [0.25, 0.3) is 0 Å². The van der Waals surface area contributed by atoms with Crippen LogP contribution in [0.1, 0.15) is 36.8 Å². The van der Waals surface area contributed by atoms with Gasteiger partial charge in [0.15, 0.2) is 0 Å². The van der Waals surface area contributed by atoms with Gasteiger partial charge in [-0.3, -0.25) is 9.78 Å². The Morgan fingerprint density at radius 3 is 2.58 bits per heavy atom. The summed E-state index contributed by atoms with van der Waals surface area (Å²) in [5.41, 5.74) is 2.59. The number of carbonyl (C=O) groups excluding carboxylic acids is 1. The SMILES string of the molecule is O=C(CCc1ccncc1)N1CCCC(CCc2ccccc2)C1. The van der Waals surface area contributed by atoms with E-state index in [-0.39, 0.29) is 0 Å². The van der Waals surface area contributed by atoms with Gasteiger partial charge in [-0.05, 0) is 61.3 Å². The summed E-state index contributed by atoms with van der Waals surface area (Å²) in [5, 5.41) is 0. The summed E-state index contributed by atoms with van der Waals surface area (Å²) in [7, 11) is 0. The Balaban J connectivity index is 1.45. The van der Waals surface area contributed by atoms with Crippen molar-refractivity contribution in [3.05, 3.63) is 66.0 Å². The highest BCUT2D eigenvalue weighted by atomic mass is 16.2. The van der Waals surface area contributed by atoms with Crippen LogP contribution in [0, 0.1) is 5.92 Å². The van der Waals surface area contributed by atoms with Gasteiger partial charge >= 0.3 is 0 Å². The van der Waals surface area contributed by atoms with Gasteiger partial charge < -0.3 is 4.90 Å². The van der Waals surface area contributed by atoms with Crippen LogP contribution in [-0.4, -0.2) is 28.9 Å². The molecule has 1 fully saturated rings. The van der Waals surface area contributed by atoms with Crippen molar-refractivity contribution in [2.45, 2.75) is 38.5 Å². The van der Waals surface area contributed by atoms with Crippen molar-refractivity contribution >= 4 is 5.91 Å². The molecular weight excluding hydrogens is 296 g/mol. The molecule has 1 saturated heterocycles. The van der Waals surface area contributed by atoms with Gasteiger partial charge in [-0.2, -0.15) is 0 Å². The predicted octanol–water partition coefficient (Wildman–Crippen LogP) is 3.89. The summed E-state index contributed by atoms with van der Waals surface area (Å²) in [6.45, 7) is 1.86. The average molecular weight is 322 g/mol. The molecule has 2 heterocycles. The molecule has 2 aromatic rings. The molecule has 1 atom stereocenters. The summed E-state index contributed by atoms with van der Waals surface area (Å²) < 4.78 is 0. The van der Waals surface area contributed by atoms with Crippen LogP contribution in [0.3, 0.4) is 0 Å². The Hall–Kier alpha value is -2.16. The molecule has 0 bridgehead atoms. The van der Waals surface area contributed by atoms with Crippen LogP contribution >= 0.6 is 0 Å². The largest absolute Gasteiger partial charge is 0.342 e. The fraction of sp³-hybridized carbons (Fsp3) is 0.429. The van der Waals surface area contributed by atoms with Crippen LogP contribution in [-0.2, 0) is 17.6 Å². The van der Waals surface area contributed by atoms with E-state index in [0.717, 1.165) is 32.4 Å². The summed E-state index contributed by atoms with van der Waals surface area (Å²) in [5.74, 6) is 0.944. The van der Waals surface area contributed by atoms with Crippen LogP contribution < -0.4 is 0 Å². The third-order valence-corrected chi connectivity index (χ3v) is 4.93. The lowest BCUT2D eigenvalue weighted by molar-refractivity contribution is -0.133. The van der Waals surface area contributed by atoms with Crippen LogP contribution in [0.2, 0.25) is 0 Å². The standard InChI is InChI=1S/C21H26N2O/c24-21(11-10-19-12-14-22-15-13-19)23-16-4-7-20(17-23)9-8-18-5-2-1-3-6-18/h1-3,5-6,12-15,20H,4,7-11,16-17H2. The second-order valence-corrected chi connectivity index (χ2v) is 6.73. The number of nitrogens with zero attached hydrogens (tertiary/aromatic N) is 2. The first-order chi connectivity index (χ1) is 11.8. The van der Waals surface area contributed by atoms with Crippen molar-refractivity contribution in [2.24, 2.45) is 5.92 Å². The van der Waals surface area contributed by atoms with Gasteiger partial charge in [-0.25, -0.2) is 0 Å². The molecule has 1 aromatic heterocycles. The smallest absolute Gasteiger partial charge is 0.222 e. The van der Waals surface area contributed by atoms with E-state index in [9.17, 15) is 4.79 Å². The van der Waals surface area contributed by atoms with Gasteiger partial charge in [0.2, 0.25) is 5.91 Å². The van der Waals surface area contributed by atoms with Gasteiger partial charge in [0, 0.05) is 31.9 Å². The lowest BCUT2D eigenvalue weighted by atomic mass is 9.91. The van der Waals surface area contributed by atoms with Crippen LogP contribution in [0.5, 0.6) is 0 Å². The van der Waals surface area contributed by atoms with E-state index in [0.29, 0.717) is 18.2 Å². The van der Waals surface area contributed by atoms with E-state index in [1.807, 2.05) is 12.1 Å². The second-order valence-electron chi connectivity index (χ2n) is 6.73. The highest BCUT2D eigenvalue weighted by Gasteiger charge is 2.23. The number of aromatic nitrogens is 1. The maximum absolute atomic E-state index is 12.5. The molecule has 24 heavy (non-hydrogen) atoms. The number of rotatable bonds is 6. The molecule has 0 radical (unpaired) electrons. The van der Waals surface area contributed by atoms with Crippen molar-refractivity contribution in [3.8, 4) is 0 Å². The number of hydrogen-bond acceptors (Lipinski definition) is 2. The molecule has 0 saturated carbocycles. The Kier molecular flexibility index (Phi) is 6.00. The number of amides is 1. The maximum Gasteiger partial charge on any atom is 0.222 e. The Bertz CT molecular complexity index is 627. The minimum absolute atomic E-state index is 0.302. The molecule has 3 rings (SSSR count). The zero-order valence-electron chi connectivity index (χ0n) is 14.2. The summed E-state index contributed by atoms with van der Waals surface area (Å²) in [6.07, 6.45) is 9.69. The Labute approximate surface area is 144 Å². The van der Waals surface area contributed by atoms with Crippen molar-refractivity contribution < 1.29 is 4.79 Å². The topological polar surface area (TPSA) is 33.2 Å². The summed E-state index contributed by atoms with van der Waals surface area (Å²) in [4.78, 5) is 18.6. The van der Waals surface area contributed by atoms with Crippen molar-refractivity contribution in [3.63, 3.8) is 0 Å². The molecule has 3 nitrogen and oxygen atoms in total. The number of likely N-dealkylation sites (tertiary alicyclic amines) is 1. The number of carbonyl (C=O) groups is 1. The molecule has 0 spiro atoms. The summed E-state index contributed by atoms with van der Waals surface area (Å²) >= 11 is 0. The van der Waals surface area contributed by atoms with Crippen molar-refractivity contribution in [1.29, 1.82) is 0 Å². The molecule has 1 unspecified atom stereocenters. The highest BCUT2D eigenvalue weighted by Crippen LogP contribution is 2.22. The second kappa shape index (κ2) is 8.62. The normalized spacial score (nSPS) is 17.7. The minimum atomic E-state index is 0.302. The minimum Gasteiger partial charge on any atom is -0.342 e. The quantitative estimate of drug-likeness (QED) is 0.808. The molecule has 1 aromatic carbocycles. The molecule has 0 aliphatic carbocycles. The third-order valence-electron chi connectivity index (χ3n) is 4.93. The van der Waals surface area contributed by atoms with Crippen molar-refractivity contribution in [2.75, 3.05) is 13.1 Å². The first kappa shape index (κ1) is 16.7. The fourth-order valence-electron chi connectivity index (χ4n) is 3.50. The van der Waals surface area contributed by atoms with Gasteiger partial charge in [-0.15, -0.1) is 0 Å². The molecule has 3 heteroatoms. The zero-order valence-corrected chi connectivity index (χ0v) is 14.2. The van der Waals surface area contributed by atoms with Crippen LogP contribution in [0.15, 0.2) is 54.9 Å². The van der Waals surface area contributed by atoms with Crippen molar-refractivity contribution in [1.82, 2.24) is 9.88 Å². The lowest BCUT2D eigenvalue weighted by Gasteiger charge is -2.33. The van der Waals surface area contributed by atoms with Gasteiger partial charge in [-0.1, -0.05) is 30.3 Å². The Morgan fingerprint density at radius 2 is 1.79 bits per heavy atom. The van der Waals surface area contributed by atoms with E-state index >= 15 is 0 Å². The molecule has 1 aliphatic rings. The molecule has 1 aliphatic heterocycles. The summed E-state index contributed by atoms with van der Waals surface area (Å²) in [6, 6.07) is 14.6. The molecule has 126 valence electrons. The zero-order chi connectivity index (χ0) is 16.6. The highest BCUT2D eigenvalue weighted by molar-refractivity contribution is 5.76. The van der Waals surface area contributed by atoms with E-state index in [1.54, 1.807) is 12.4 Å². The number of pyridine rings is 1. The van der Waals surface area contributed by atoms with Gasteiger partial charge in [0.25, 0.3) is 0 Å². The monoisotopic (exact) mass is 322 g/mol. The van der Waals surface area contributed by atoms with Gasteiger partial charge in [0.05, 0.1) is 0 Å². The van der Waals surface area contributed by atoms with E-state index in [1.165, 1.54) is 24.0 Å². The fourth-order valence-corrected chi connectivity index (χ4v) is 3.50. The third kappa shape index (κ3) is 4.92. The first-order valence-corrected chi connectivity index (χ1v) is 9.02. The maximum atomic E-state index is 12.5. The Morgan fingerprint density at radius 1 is 1.04 bits per heavy atom. The average Bonchev–Trinajstić information content (AvgIpc) is 2.66.